The van der Waals surface area contributed by atoms with Crippen LogP contribution in [0.2, 0.25) is 0 Å². The van der Waals surface area contributed by atoms with Gasteiger partial charge in [-0.05, 0) is 30.0 Å². The first-order valence-electron chi connectivity index (χ1n) is 7.28. The lowest BCUT2D eigenvalue weighted by Gasteiger charge is -2.21. The van der Waals surface area contributed by atoms with E-state index in [0.717, 1.165) is 12.8 Å². The molecule has 0 fully saturated rings. The highest BCUT2D eigenvalue weighted by molar-refractivity contribution is 5.87. The average Bonchev–Trinajstić information content (AvgIpc) is 2.50. The molecule has 1 rings (SSSR count). The molecule has 0 saturated heterocycles. The molecule has 21 heavy (non-hydrogen) atoms. The fourth-order valence-corrected chi connectivity index (χ4v) is 1.91. The summed E-state index contributed by atoms with van der Waals surface area (Å²) >= 11 is 0. The number of primary amides is 1. The Hall–Kier alpha value is -2.04. The first-order chi connectivity index (χ1) is 9.97. The van der Waals surface area contributed by atoms with Crippen LogP contribution in [0, 0.1) is 5.92 Å². The van der Waals surface area contributed by atoms with E-state index in [9.17, 15) is 9.59 Å². The van der Waals surface area contributed by atoms with Crippen molar-refractivity contribution in [1.29, 1.82) is 0 Å². The number of benzene rings is 1. The van der Waals surface area contributed by atoms with Gasteiger partial charge in [0.1, 0.15) is 11.8 Å². The molecule has 0 aliphatic rings. The van der Waals surface area contributed by atoms with E-state index in [1.54, 1.807) is 0 Å². The van der Waals surface area contributed by atoms with Crippen molar-refractivity contribution in [3.63, 3.8) is 0 Å². The number of amides is 2. The van der Waals surface area contributed by atoms with E-state index in [0.29, 0.717) is 5.75 Å². The number of hydrogen-bond acceptors (Lipinski definition) is 3. The Morgan fingerprint density at radius 2 is 1.86 bits per heavy atom. The highest BCUT2D eigenvalue weighted by atomic mass is 16.5. The zero-order valence-corrected chi connectivity index (χ0v) is 12.9. The van der Waals surface area contributed by atoms with Crippen LogP contribution in [0.4, 0.5) is 0 Å². The van der Waals surface area contributed by atoms with Gasteiger partial charge in [-0.1, -0.05) is 39.3 Å². The normalized spacial score (nSPS) is 13.3. The Labute approximate surface area is 125 Å². The van der Waals surface area contributed by atoms with Gasteiger partial charge in [0.15, 0.2) is 6.61 Å². The Morgan fingerprint density at radius 1 is 1.24 bits per heavy atom. The van der Waals surface area contributed by atoms with Crippen LogP contribution < -0.4 is 15.8 Å². The van der Waals surface area contributed by atoms with Gasteiger partial charge in [-0.15, -0.1) is 0 Å². The van der Waals surface area contributed by atoms with E-state index in [4.69, 9.17) is 10.5 Å². The van der Waals surface area contributed by atoms with E-state index >= 15 is 0 Å². The minimum atomic E-state index is -0.659. The lowest BCUT2D eigenvalue weighted by atomic mass is 9.99. The Morgan fingerprint density at radius 3 is 2.33 bits per heavy atom. The van der Waals surface area contributed by atoms with Gasteiger partial charge in [-0.2, -0.15) is 0 Å². The molecule has 5 heteroatoms. The van der Waals surface area contributed by atoms with Crippen molar-refractivity contribution in [1.82, 2.24) is 5.32 Å². The van der Waals surface area contributed by atoms with Gasteiger partial charge < -0.3 is 15.8 Å². The summed E-state index contributed by atoms with van der Waals surface area (Å²) < 4.78 is 5.40. The Kier molecular flexibility index (Phi) is 6.72. The number of ether oxygens (including phenoxy) is 1. The molecule has 0 aliphatic carbocycles. The monoisotopic (exact) mass is 292 g/mol. The molecule has 0 aromatic heterocycles. The minimum absolute atomic E-state index is 0.00436. The van der Waals surface area contributed by atoms with Crippen LogP contribution in [0.15, 0.2) is 24.3 Å². The molecule has 2 atom stereocenters. The summed E-state index contributed by atoms with van der Waals surface area (Å²) in [5.74, 6) is -0.250. The molecule has 0 spiro atoms. The van der Waals surface area contributed by atoms with Crippen LogP contribution in [0.25, 0.3) is 0 Å². The number of nitrogens with two attached hydrogens (primary N) is 1. The van der Waals surface area contributed by atoms with Crippen molar-refractivity contribution >= 4 is 11.8 Å². The van der Waals surface area contributed by atoms with Gasteiger partial charge in [-0.25, -0.2) is 0 Å². The summed E-state index contributed by atoms with van der Waals surface area (Å²) in [4.78, 5) is 23.2. The predicted octanol–water partition coefficient (Wildman–Crippen LogP) is 1.64. The molecule has 0 saturated carbocycles. The van der Waals surface area contributed by atoms with E-state index in [2.05, 4.69) is 12.2 Å². The van der Waals surface area contributed by atoms with Crippen LogP contribution in [0.3, 0.4) is 0 Å². The summed E-state index contributed by atoms with van der Waals surface area (Å²) in [7, 11) is 0. The second-order valence-corrected chi connectivity index (χ2v) is 5.12. The van der Waals surface area contributed by atoms with Crippen molar-refractivity contribution < 1.29 is 14.3 Å². The zero-order chi connectivity index (χ0) is 15.8. The summed E-state index contributed by atoms with van der Waals surface area (Å²) in [6.45, 7) is 5.76. The summed E-state index contributed by atoms with van der Waals surface area (Å²) in [5.41, 5.74) is 6.51. The third kappa shape index (κ3) is 5.45. The van der Waals surface area contributed by atoms with Crippen molar-refractivity contribution in [2.24, 2.45) is 11.7 Å². The van der Waals surface area contributed by atoms with Crippen LogP contribution in [0.1, 0.15) is 32.8 Å². The minimum Gasteiger partial charge on any atom is -0.484 e. The van der Waals surface area contributed by atoms with Crippen LogP contribution in [0.5, 0.6) is 5.75 Å². The molecule has 3 N–H and O–H groups in total. The number of aryl methyl sites for hydroxylation is 1. The first-order valence-corrected chi connectivity index (χ1v) is 7.28. The van der Waals surface area contributed by atoms with Crippen molar-refractivity contribution in [3.8, 4) is 5.75 Å². The van der Waals surface area contributed by atoms with Gasteiger partial charge in [0, 0.05) is 0 Å². The molecule has 2 unspecified atom stereocenters. The van der Waals surface area contributed by atoms with Crippen LogP contribution in [-0.2, 0) is 16.0 Å². The van der Waals surface area contributed by atoms with Gasteiger partial charge in [0.25, 0.3) is 5.91 Å². The zero-order valence-electron chi connectivity index (χ0n) is 12.9. The molecular weight excluding hydrogens is 268 g/mol. The van der Waals surface area contributed by atoms with E-state index in [1.165, 1.54) is 5.56 Å². The highest BCUT2D eigenvalue weighted by Gasteiger charge is 2.23. The molecule has 0 radical (unpaired) electrons. The van der Waals surface area contributed by atoms with E-state index in [1.807, 2.05) is 38.1 Å². The molecule has 5 nitrogen and oxygen atoms in total. The predicted molar refractivity (Wildman–Crippen MR) is 81.9 cm³/mol. The smallest absolute Gasteiger partial charge is 0.258 e. The molecule has 2 amide bonds. The maximum atomic E-state index is 11.8. The summed E-state index contributed by atoms with van der Waals surface area (Å²) in [5, 5.41) is 2.62. The quantitative estimate of drug-likeness (QED) is 0.764. The van der Waals surface area contributed by atoms with E-state index < -0.39 is 11.9 Å². The summed E-state index contributed by atoms with van der Waals surface area (Å²) in [6, 6.07) is 6.91. The molecule has 0 bridgehead atoms. The first kappa shape index (κ1) is 17.0. The average molecular weight is 292 g/mol. The number of carbonyl (C=O) groups excluding carboxylic acids is 2. The molecule has 1 aromatic carbocycles. The third-order valence-corrected chi connectivity index (χ3v) is 3.54. The number of nitrogens with one attached hydrogen (secondary N) is 1. The Balaban J connectivity index is 2.50. The van der Waals surface area contributed by atoms with Gasteiger partial charge in [0.05, 0.1) is 0 Å². The number of carbonyl (C=O) groups is 2. The van der Waals surface area contributed by atoms with Crippen molar-refractivity contribution in [2.45, 2.75) is 39.7 Å². The number of hydrogen-bond donors (Lipinski definition) is 2. The second kappa shape index (κ2) is 8.29. The van der Waals surface area contributed by atoms with Gasteiger partial charge in [-0.3, -0.25) is 9.59 Å². The topological polar surface area (TPSA) is 81.4 Å². The van der Waals surface area contributed by atoms with Crippen LogP contribution >= 0.6 is 0 Å². The van der Waals surface area contributed by atoms with Gasteiger partial charge >= 0.3 is 0 Å². The molecule has 0 heterocycles. The molecule has 1 aromatic rings. The van der Waals surface area contributed by atoms with Crippen LogP contribution in [-0.4, -0.2) is 24.5 Å². The fourth-order valence-electron chi connectivity index (χ4n) is 1.91. The third-order valence-electron chi connectivity index (χ3n) is 3.54. The standard InChI is InChI=1S/C16H24N2O3/c1-4-11(3)15(16(17)20)18-14(19)10-21-13-8-6-12(5-2)7-9-13/h6-9,11,15H,4-5,10H2,1-3H3,(H2,17,20)(H,18,19). The maximum absolute atomic E-state index is 11.8. The van der Waals surface area contributed by atoms with Crippen molar-refractivity contribution in [3.05, 3.63) is 29.8 Å². The Bertz CT molecular complexity index is 471. The fraction of sp³-hybridized carbons (Fsp3) is 0.500. The largest absolute Gasteiger partial charge is 0.484 e. The lowest BCUT2D eigenvalue weighted by molar-refractivity contribution is -0.129. The molecular formula is C16H24N2O3. The molecule has 0 aliphatic heterocycles. The molecule has 116 valence electrons. The van der Waals surface area contributed by atoms with Crippen molar-refractivity contribution in [2.75, 3.05) is 6.61 Å². The summed E-state index contributed by atoms with van der Waals surface area (Å²) in [6.07, 6.45) is 1.71. The van der Waals surface area contributed by atoms with Gasteiger partial charge in [0.2, 0.25) is 5.91 Å². The lowest BCUT2D eigenvalue weighted by Crippen LogP contribution is -2.49. The second-order valence-electron chi connectivity index (χ2n) is 5.12. The SMILES string of the molecule is CCc1ccc(OCC(=O)NC(C(N)=O)C(C)CC)cc1. The maximum Gasteiger partial charge on any atom is 0.258 e. The van der Waals surface area contributed by atoms with E-state index in [-0.39, 0.29) is 18.4 Å². The highest BCUT2D eigenvalue weighted by Crippen LogP contribution is 2.12. The number of rotatable bonds is 8.